The zero-order chi connectivity index (χ0) is 14.1. The molecule has 20 heavy (non-hydrogen) atoms. The van der Waals surface area contributed by atoms with Crippen LogP contribution < -0.4 is 5.32 Å². The highest BCUT2D eigenvalue weighted by Gasteiger charge is 2.12. The second-order valence-corrected chi connectivity index (χ2v) is 4.86. The van der Waals surface area contributed by atoms with Crippen LogP contribution in [0.15, 0.2) is 42.7 Å². The average Bonchev–Trinajstić information content (AvgIpc) is 2.87. The van der Waals surface area contributed by atoms with Crippen LogP contribution in [0.2, 0.25) is 0 Å². The highest BCUT2D eigenvalue weighted by molar-refractivity contribution is 6.12. The summed E-state index contributed by atoms with van der Waals surface area (Å²) in [6.45, 7) is 4.08. The lowest BCUT2D eigenvalue weighted by atomic mass is 10.1. The van der Waals surface area contributed by atoms with E-state index in [9.17, 15) is 4.79 Å². The van der Waals surface area contributed by atoms with E-state index in [1.807, 2.05) is 44.2 Å². The van der Waals surface area contributed by atoms with Gasteiger partial charge < -0.3 is 10.3 Å². The predicted molar refractivity (Wildman–Crippen MR) is 80.0 cm³/mol. The highest BCUT2D eigenvalue weighted by atomic mass is 16.1. The molecule has 0 atom stereocenters. The van der Waals surface area contributed by atoms with Gasteiger partial charge >= 0.3 is 0 Å². The Kier molecular flexibility index (Phi) is 2.99. The van der Waals surface area contributed by atoms with Gasteiger partial charge in [-0.05, 0) is 49.2 Å². The Balaban J connectivity index is 1.91. The molecule has 0 aliphatic rings. The summed E-state index contributed by atoms with van der Waals surface area (Å²) in [5.74, 6) is -0.132. The molecule has 0 saturated heterocycles. The van der Waals surface area contributed by atoms with E-state index in [0.29, 0.717) is 5.56 Å². The monoisotopic (exact) mass is 265 g/mol. The number of aromatic nitrogens is 2. The van der Waals surface area contributed by atoms with Crippen LogP contribution in [0.1, 0.15) is 21.5 Å². The van der Waals surface area contributed by atoms with E-state index < -0.39 is 0 Å². The Morgan fingerprint density at radius 1 is 1.20 bits per heavy atom. The third-order valence-corrected chi connectivity index (χ3v) is 3.46. The lowest BCUT2D eigenvalue weighted by Gasteiger charge is -2.07. The van der Waals surface area contributed by atoms with Crippen molar-refractivity contribution in [1.82, 2.24) is 9.97 Å². The smallest absolute Gasteiger partial charge is 0.257 e. The molecule has 0 saturated carbocycles. The van der Waals surface area contributed by atoms with Crippen molar-refractivity contribution in [3.63, 3.8) is 0 Å². The number of H-pyrrole nitrogens is 1. The van der Waals surface area contributed by atoms with Crippen molar-refractivity contribution in [2.45, 2.75) is 13.8 Å². The largest absolute Gasteiger partial charge is 0.345 e. The van der Waals surface area contributed by atoms with Crippen LogP contribution >= 0.6 is 0 Å². The summed E-state index contributed by atoms with van der Waals surface area (Å²) in [6.07, 6.45) is 3.39. The second kappa shape index (κ2) is 4.81. The first-order valence-electron chi connectivity index (χ1n) is 6.46. The van der Waals surface area contributed by atoms with Gasteiger partial charge in [-0.25, -0.2) is 4.98 Å². The first-order valence-corrected chi connectivity index (χ1v) is 6.46. The minimum Gasteiger partial charge on any atom is -0.345 e. The number of aromatic amines is 1. The molecule has 3 aromatic rings. The summed E-state index contributed by atoms with van der Waals surface area (Å²) in [6, 6.07) is 9.59. The number of hydrogen-bond acceptors (Lipinski definition) is 2. The number of benzene rings is 1. The number of rotatable bonds is 2. The molecule has 2 aromatic heterocycles. The van der Waals surface area contributed by atoms with E-state index >= 15 is 0 Å². The van der Waals surface area contributed by atoms with Crippen molar-refractivity contribution in [2.24, 2.45) is 0 Å². The molecular weight excluding hydrogens is 250 g/mol. The summed E-state index contributed by atoms with van der Waals surface area (Å²) in [5.41, 5.74) is 4.49. The molecule has 1 amide bonds. The lowest BCUT2D eigenvalue weighted by molar-refractivity contribution is 0.102. The first kappa shape index (κ1) is 12.4. The third kappa shape index (κ3) is 2.16. The third-order valence-electron chi connectivity index (χ3n) is 3.46. The molecule has 100 valence electrons. The number of carbonyl (C=O) groups is 1. The quantitative estimate of drug-likeness (QED) is 0.745. The van der Waals surface area contributed by atoms with Crippen molar-refractivity contribution in [3.05, 3.63) is 59.4 Å². The van der Waals surface area contributed by atoms with Gasteiger partial charge in [-0.1, -0.05) is 6.07 Å². The maximum atomic E-state index is 12.3. The molecule has 1 aromatic carbocycles. The summed E-state index contributed by atoms with van der Waals surface area (Å²) < 4.78 is 0. The van der Waals surface area contributed by atoms with Crippen LogP contribution in [0.3, 0.4) is 0 Å². The zero-order valence-corrected chi connectivity index (χ0v) is 11.4. The number of fused-ring (bicyclic) bond motifs is 1. The number of carbonyl (C=O) groups excluding carboxylic acids is 1. The van der Waals surface area contributed by atoms with Crippen LogP contribution in [-0.4, -0.2) is 15.9 Å². The molecule has 0 bridgehead atoms. The maximum Gasteiger partial charge on any atom is 0.257 e. The molecule has 4 nitrogen and oxygen atoms in total. The minimum absolute atomic E-state index is 0.132. The molecule has 2 heterocycles. The fourth-order valence-corrected chi connectivity index (χ4v) is 2.16. The van der Waals surface area contributed by atoms with Crippen LogP contribution in [0.4, 0.5) is 5.69 Å². The molecule has 0 spiro atoms. The first-order chi connectivity index (χ1) is 9.65. The van der Waals surface area contributed by atoms with Gasteiger partial charge in [-0.2, -0.15) is 0 Å². The van der Waals surface area contributed by atoms with Crippen molar-refractivity contribution in [1.29, 1.82) is 0 Å². The number of pyridine rings is 1. The van der Waals surface area contributed by atoms with Gasteiger partial charge in [0, 0.05) is 23.5 Å². The normalized spacial score (nSPS) is 10.7. The average molecular weight is 265 g/mol. The number of nitrogens with one attached hydrogen (secondary N) is 2. The van der Waals surface area contributed by atoms with Crippen molar-refractivity contribution in [2.75, 3.05) is 5.32 Å². The van der Waals surface area contributed by atoms with E-state index in [1.165, 1.54) is 5.56 Å². The summed E-state index contributed by atoms with van der Waals surface area (Å²) >= 11 is 0. The SMILES string of the molecule is Cc1ccc(NC(=O)c2c[nH]c3ncccc23)cc1C. The molecule has 0 fully saturated rings. The van der Waals surface area contributed by atoms with E-state index in [-0.39, 0.29) is 5.91 Å². The Labute approximate surface area is 116 Å². The predicted octanol–water partition coefficient (Wildman–Crippen LogP) is 3.43. The van der Waals surface area contributed by atoms with E-state index in [4.69, 9.17) is 0 Å². The Bertz CT molecular complexity index is 789. The van der Waals surface area contributed by atoms with Gasteiger partial charge in [-0.15, -0.1) is 0 Å². The van der Waals surface area contributed by atoms with Crippen LogP contribution in [0, 0.1) is 13.8 Å². The van der Waals surface area contributed by atoms with Crippen LogP contribution in [0.5, 0.6) is 0 Å². The van der Waals surface area contributed by atoms with Crippen molar-refractivity contribution in [3.8, 4) is 0 Å². The van der Waals surface area contributed by atoms with E-state index in [0.717, 1.165) is 22.3 Å². The minimum atomic E-state index is -0.132. The molecule has 4 heteroatoms. The molecule has 0 aliphatic heterocycles. The van der Waals surface area contributed by atoms with Gasteiger partial charge in [0.2, 0.25) is 0 Å². The standard InChI is InChI=1S/C16H15N3O/c1-10-5-6-12(8-11(10)2)19-16(20)14-9-18-15-13(14)4-3-7-17-15/h3-9H,1-2H3,(H,17,18)(H,19,20). The second-order valence-electron chi connectivity index (χ2n) is 4.86. The van der Waals surface area contributed by atoms with Gasteiger partial charge in [-0.3, -0.25) is 4.79 Å². The van der Waals surface area contributed by atoms with Crippen LogP contribution in [0.25, 0.3) is 11.0 Å². The number of amides is 1. The number of nitrogens with zero attached hydrogens (tertiary/aromatic N) is 1. The van der Waals surface area contributed by atoms with Crippen LogP contribution in [-0.2, 0) is 0 Å². The number of anilines is 1. The maximum absolute atomic E-state index is 12.3. The molecule has 2 N–H and O–H groups in total. The Hall–Kier alpha value is -2.62. The van der Waals surface area contributed by atoms with Gasteiger partial charge in [0.25, 0.3) is 5.91 Å². The zero-order valence-electron chi connectivity index (χ0n) is 11.4. The number of hydrogen-bond donors (Lipinski definition) is 2. The summed E-state index contributed by atoms with van der Waals surface area (Å²) in [4.78, 5) is 19.5. The summed E-state index contributed by atoms with van der Waals surface area (Å²) in [7, 11) is 0. The van der Waals surface area contributed by atoms with Gasteiger partial charge in [0.05, 0.1) is 5.56 Å². The number of aryl methyl sites for hydroxylation is 2. The molecule has 0 aliphatic carbocycles. The summed E-state index contributed by atoms with van der Waals surface area (Å²) in [5, 5.41) is 3.75. The molecule has 0 radical (unpaired) electrons. The Morgan fingerprint density at radius 3 is 2.85 bits per heavy atom. The fourth-order valence-electron chi connectivity index (χ4n) is 2.16. The molecule has 0 unspecified atom stereocenters. The molecular formula is C16H15N3O. The fraction of sp³-hybridized carbons (Fsp3) is 0.125. The topological polar surface area (TPSA) is 57.8 Å². The Morgan fingerprint density at radius 2 is 2.05 bits per heavy atom. The van der Waals surface area contributed by atoms with E-state index in [2.05, 4.69) is 15.3 Å². The highest BCUT2D eigenvalue weighted by Crippen LogP contribution is 2.19. The van der Waals surface area contributed by atoms with Crippen molar-refractivity contribution >= 4 is 22.6 Å². The van der Waals surface area contributed by atoms with Gasteiger partial charge in [0.1, 0.15) is 5.65 Å². The van der Waals surface area contributed by atoms with Gasteiger partial charge in [0.15, 0.2) is 0 Å². The molecule has 3 rings (SSSR count). The van der Waals surface area contributed by atoms with Crippen molar-refractivity contribution < 1.29 is 4.79 Å². The van der Waals surface area contributed by atoms with E-state index in [1.54, 1.807) is 12.4 Å². The lowest BCUT2D eigenvalue weighted by Crippen LogP contribution is -2.11.